The first-order chi connectivity index (χ1) is 8.97. The standard InChI is InChI=1S/C13H16FNO3S/c1-8-4-3-5-9(11(8)14)12(16)15-10(13(17)18)6-7-19-2/h3-5,10H,6-7H2,1-2H3,(H,15,16)(H,17,18)/t10-/m1/s1. The van der Waals surface area contributed by atoms with Gasteiger partial charge in [-0.2, -0.15) is 11.8 Å². The molecule has 0 saturated heterocycles. The second kappa shape index (κ2) is 7.13. The molecule has 0 fully saturated rings. The van der Waals surface area contributed by atoms with Gasteiger partial charge in [-0.15, -0.1) is 0 Å². The number of aliphatic carboxylic acids is 1. The lowest BCUT2D eigenvalue weighted by Gasteiger charge is -2.14. The Morgan fingerprint density at radius 2 is 2.16 bits per heavy atom. The Balaban J connectivity index is 2.82. The molecule has 2 N–H and O–H groups in total. The molecule has 0 radical (unpaired) electrons. The SMILES string of the molecule is CSCC[C@@H](NC(=O)c1cccc(C)c1F)C(=O)O. The van der Waals surface area contributed by atoms with Crippen LogP contribution in [0.5, 0.6) is 0 Å². The lowest BCUT2D eigenvalue weighted by molar-refractivity contribution is -0.139. The molecular weight excluding hydrogens is 269 g/mol. The van der Waals surface area contributed by atoms with Gasteiger partial charge in [0.1, 0.15) is 11.9 Å². The van der Waals surface area contributed by atoms with Crippen LogP contribution in [0.3, 0.4) is 0 Å². The van der Waals surface area contributed by atoms with Crippen molar-refractivity contribution < 1.29 is 19.1 Å². The fraction of sp³-hybridized carbons (Fsp3) is 0.385. The van der Waals surface area contributed by atoms with Gasteiger partial charge in [0.15, 0.2) is 0 Å². The lowest BCUT2D eigenvalue weighted by Crippen LogP contribution is -2.41. The van der Waals surface area contributed by atoms with Crippen molar-refractivity contribution in [2.75, 3.05) is 12.0 Å². The molecule has 4 nitrogen and oxygen atoms in total. The number of thioether (sulfide) groups is 1. The summed E-state index contributed by atoms with van der Waals surface area (Å²) in [7, 11) is 0. The topological polar surface area (TPSA) is 66.4 Å². The number of aryl methyl sites for hydroxylation is 1. The maximum atomic E-state index is 13.7. The molecule has 19 heavy (non-hydrogen) atoms. The maximum absolute atomic E-state index is 13.7. The van der Waals surface area contributed by atoms with Gasteiger partial charge in [0.05, 0.1) is 5.56 Å². The first-order valence-electron chi connectivity index (χ1n) is 5.75. The van der Waals surface area contributed by atoms with Crippen LogP contribution in [0, 0.1) is 12.7 Å². The molecule has 1 atom stereocenters. The minimum atomic E-state index is -1.12. The molecule has 104 valence electrons. The van der Waals surface area contributed by atoms with Crippen LogP contribution in [-0.4, -0.2) is 35.0 Å². The number of halogens is 1. The summed E-state index contributed by atoms with van der Waals surface area (Å²) in [6, 6.07) is 3.45. The third-order valence-corrected chi connectivity index (χ3v) is 3.29. The monoisotopic (exact) mass is 285 g/mol. The highest BCUT2D eigenvalue weighted by molar-refractivity contribution is 7.98. The molecule has 0 bridgehead atoms. The van der Waals surface area contributed by atoms with E-state index in [1.54, 1.807) is 19.1 Å². The van der Waals surface area contributed by atoms with Gasteiger partial charge in [-0.25, -0.2) is 9.18 Å². The van der Waals surface area contributed by atoms with Crippen LogP contribution in [0.2, 0.25) is 0 Å². The van der Waals surface area contributed by atoms with E-state index in [1.807, 2.05) is 6.26 Å². The lowest BCUT2D eigenvalue weighted by atomic mass is 10.1. The van der Waals surface area contributed by atoms with Crippen LogP contribution in [-0.2, 0) is 4.79 Å². The Bertz CT molecular complexity index is 479. The van der Waals surface area contributed by atoms with Gasteiger partial charge in [-0.05, 0) is 37.0 Å². The molecule has 1 amide bonds. The molecule has 1 aromatic carbocycles. The molecule has 0 aromatic heterocycles. The zero-order valence-corrected chi connectivity index (χ0v) is 11.6. The Morgan fingerprint density at radius 1 is 1.47 bits per heavy atom. The molecule has 0 spiro atoms. The van der Waals surface area contributed by atoms with Gasteiger partial charge >= 0.3 is 5.97 Å². The number of hydrogen-bond donors (Lipinski definition) is 2. The van der Waals surface area contributed by atoms with E-state index in [0.29, 0.717) is 17.7 Å². The summed E-state index contributed by atoms with van der Waals surface area (Å²) in [5, 5.41) is 11.3. The second-order valence-electron chi connectivity index (χ2n) is 4.08. The Labute approximate surface area is 115 Å². The number of carbonyl (C=O) groups is 2. The third kappa shape index (κ3) is 4.24. The van der Waals surface area contributed by atoms with E-state index in [9.17, 15) is 14.0 Å². The number of carboxylic acid groups (broad SMARTS) is 1. The number of carboxylic acids is 1. The summed E-state index contributed by atoms with van der Waals surface area (Å²) in [5.41, 5.74) is 0.221. The maximum Gasteiger partial charge on any atom is 0.326 e. The van der Waals surface area contributed by atoms with Gasteiger partial charge in [-0.3, -0.25) is 4.79 Å². The Kier molecular flexibility index (Phi) is 5.82. The molecule has 0 aliphatic rings. The molecule has 0 heterocycles. The molecule has 1 aromatic rings. The van der Waals surface area contributed by atoms with Gasteiger partial charge < -0.3 is 10.4 Å². The van der Waals surface area contributed by atoms with Gasteiger partial charge in [0.25, 0.3) is 5.91 Å². The summed E-state index contributed by atoms with van der Waals surface area (Å²) in [5.74, 6) is -1.83. The number of nitrogens with one attached hydrogen (secondary N) is 1. The van der Waals surface area contributed by atoms with Crippen molar-refractivity contribution in [1.29, 1.82) is 0 Å². The highest BCUT2D eigenvalue weighted by atomic mass is 32.2. The van der Waals surface area contributed by atoms with Crippen molar-refractivity contribution in [2.24, 2.45) is 0 Å². The summed E-state index contributed by atoms with van der Waals surface area (Å²) in [4.78, 5) is 22.9. The molecule has 0 aliphatic heterocycles. The van der Waals surface area contributed by atoms with E-state index in [4.69, 9.17) is 5.11 Å². The molecule has 6 heteroatoms. The molecule has 0 saturated carbocycles. The smallest absolute Gasteiger partial charge is 0.326 e. The van der Waals surface area contributed by atoms with Crippen LogP contribution in [0.15, 0.2) is 18.2 Å². The van der Waals surface area contributed by atoms with Crippen molar-refractivity contribution in [3.63, 3.8) is 0 Å². The van der Waals surface area contributed by atoms with E-state index < -0.39 is 23.7 Å². The highest BCUT2D eigenvalue weighted by Crippen LogP contribution is 2.12. The minimum absolute atomic E-state index is 0.129. The molecule has 1 rings (SSSR count). The van der Waals surface area contributed by atoms with Gasteiger partial charge in [-0.1, -0.05) is 12.1 Å². The van der Waals surface area contributed by atoms with Crippen LogP contribution >= 0.6 is 11.8 Å². The highest BCUT2D eigenvalue weighted by Gasteiger charge is 2.22. The normalized spacial score (nSPS) is 11.9. The van der Waals surface area contributed by atoms with Crippen molar-refractivity contribution in [3.05, 3.63) is 35.1 Å². The van der Waals surface area contributed by atoms with E-state index in [1.165, 1.54) is 17.8 Å². The minimum Gasteiger partial charge on any atom is -0.480 e. The first kappa shape index (κ1) is 15.5. The van der Waals surface area contributed by atoms with E-state index in [2.05, 4.69) is 5.32 Å². The fourth-order valence-electron chi connectivity index (χ4n) is 1.55. The summed E-state index contributed by atoms with van der Waals surface area (Å²) in [6.07, 6.45) is 2.15. The predicted molar refractivity (Wildman–Crippen MR) is 73.0 cm³/mol. The summed E-state index contributed by atoms with van der Waals surface area (Å²) < 4.78 is 13.7. The number of rotatable bonds is 6. The third-order valence-electron chi connectivity index (χ3n) is 2.65. The molecular formula is C13H16FNO3S. The van der Waals surface area contributed by atoms with Crippen LogP contribution in [0.4, 0.5) is 4.39 Å². The number of carbonyl (C=O) groups excluding carboxylic acids is 1. The quantitative estimate of drug-likeness (QED) is 0.839. The average molecular weight is 285 g/mol. The summed E-state index contributed by atoms with van der Waals surface area (Å²) >= 11 is 1.49. The largest absolute Gasteiger partial charge is 0.480 e. The van der Waals surface area contributed by atoms with E-state index >= 15 is 0 Å². The van der Waals surface area contributed by atoms with Crippen molar-refractivity contribution in [1.82, 2.24) is 5.32 Å². The van der Waals surface area contributed by atoms with Crippen LogP contribution in [0.1, 0.15) is 22.3 Å². The second-order valence-corrected chi connectivity index (χ2v) is 5.07. The average Bonchev–Trinajstić information content (AvgIpc) is 2.37. The van der Waals surface area contributed by atoms with Crippen molar-refractivity contribution in [2.45, 2.75) is 19.4 Å². The number of hydrogen-bond acceptors (Lipinski definition) is 3. The van der Waals surface area contributed by atoms with Gasteiger partial charge in [0.2, 0.25) is 0 Å². The number of amides is 1. The van der Waals surface area contributed by atoms with Crippen molar-refractivity contribution >= 4 is 23.6 Å². The van der Waals surface area contributed by atoms with Crippen LogP contribution in [0.25, 0.3) is 0 Å². The molecule has 0 unspecified atom stereocenters. The Hall–Kier alpha value is -1.56. The Morgan fingerprint density at radius 3 is 2.74 bits per heavy atom. The molecule has 0 aliphatic carbocycles. The van der Waals surface area contributed by atoms with E-state index in [-0.39, 0.29) is 5.56 Å². The first-order valence-corrected chi connectivity index (χ1v) is 7.14. The zero-order valence-electron chi connectivity index (χ0n) is 10.8. The van der Waals surface area contributed by atoms with Crippen LogP contribution < -0.4 is 5.32 Å². The zero-order chi connectivity index (χ0) is 14.4. The fourth-order valence-corrected chi connectivity index (χ4v) is 2.02. The van der Waals surface area contributed by atoms with Crippen molar-refractivity contribution in [3.8, 4) is 0 Å². The predicted octanol–water partition coefficient (Wildman–Crippen LogP) is 2.07. The van der Waals surface area contributed by atoms with Gasteiger partial charge in [0, 0.05) is 0 Å². The van der Waals surface area contributed by atoms with E-state index in [0.717, 1.165) is 0 Å². The number of benzene rings is 1. The summed E-state index contributed by atoms with van der Waals surface area (Å²) in [6.45, 7) is 1.55.